The minimum atomic E-state index is -3.95. The predicted molar refractivity (Wildman–Crippen MR) is 128 cm³/mol. The highest BCUT2D eigenvalue weighted by Crippen LogP contribution is 2.22. The molecular formula is C24H40N2O6S. The maximum absolute atomic E-state index is 13.0. The van der Waals surface area contributed by atoms with Crippen LogP contribution in [0, 0.1) is 6.92 Å². The van der Waals surface area contributed by atoms with Crippen molar-refractivity contribution in [3.05, 3.63) is 29.8 Å². The van der Waals surface area contributed by atoms with Crippen LogP contribution in [0.5, 0.6) is 0 Å². The molecule has 1 amide bonds. The molecule has 0 aromatic heterocycles. The van der Waals surface area contributed by atoms with Crippen molar-refractivity contribution in [2.45, 2.75) is 90.0 Å². The Morgan fingerprint density at radius 1 is 1.06 bits per heavy atom. The largest absolute Gasteiger partial charge is 0.444 e. The van der Waals surface area contributed by atoms with Crippen LogP contribution in [0.15, 0.2) is 29.2 Å². The molecule has 1 saturated heterocycles. The third kappa shape index (κ3) is 8.88. The van der Waals surface area contributed by atoms with Gasteiger partial charge in [0.2, 0.25) is 0 Å². The first kappa shape index (κ1) is 27.6. The van der Waals surface area contributed by atoms with E-state index in [1.807, 2.05) is 55.4 Å². The predicted octanol–water partition coefficient (Wildman–Crippen LogP) is 4.17. The lowest BCUT2D eigenvalue weighted by molar-refractivity contribution is -0.0732. The molecule has 2 rings (SSSR count). The molecule has 2 atom stereocenters. The summed E-state index contributed by atoms with van der Waals surface area (Å²) in [6.45, 7) is 16.6. The first-order valence-corrected chi connectivity index (χ1v) is 12.8. The highest BCUT2D eigenvalue weighted by Gasteiger charge is 2.35. The highest BCUT2D eigenvalue weighted by atomic mass is 32.2. The van der Waals surface area contributed by atoms with E-state index in [-0.39, 0.29) is 23.1 Å². The van der Waals surface area contributed by atoms with Crippen LogP contribution in [0.3, 0.4) is 0 Å². The van der Waals surface area contributed by atoms with Crippen LogP contribution < -0.4 is 0 Å². The van der Waals surface area contributed by atoms with Crippen molar-refractivity contribution in [3.8, 4) is 0 Å². The number of hydrogen-bond acceptors (Lipinski definition) is 7. The lowest BCUT2D eigenvalue weighted by Crippen LogP contribution is -2.48. The van der Waals surface area contributed by atoms with Crippen LogP contribution in [0.25, 0.3) is 0 Å². The fourth-order valence-electron chi connectivity index (χ4n) is 3.37. The second kappa shape index (κ2) is 10.7. The Morgan fingerprint density at radius 3 is 2.21 bits per heavy atom. The molecule has 33 heavy (non-hydrogen) atoms. The number of nitrogens with zero attached hydrogens (tertiary/aromatic N) is 2. The minimum absolute atomic E-state index is 0.00132. The Bertz CT molecular complexity index is 887. The topological polar surface area (TPSA) is 85.4 Å². The van der Waals surface area contributed by atoms with Crippen molar-refractivity contribution in [2.75, 3.05) is 26.4 Å². The Balaban J connectivity index is 2.19. The fraction of sp³-hybridized carbons (Fsp3) is 0.708. The Kier molecular flexibility index (Phi) is 8.95. The van der Waals surface area contributed by atoms with Crippen molar-refractivity contribution < 1.29 is 26.9 Å². The second-order valence-corrected chi connectivity index (χ2v) is 12.3. The van der Waals surface area contributed by atoms with Crippen molar-refractivity contribution in [1.29, 1.82) is 0 Å². The van der Waals surface area contributed by atoms with Gasteiger partial charge in [-0.15, -0.1) is 0 Å². The summed E-state index contributed by atoms with van der Waals surface area (Å²) in [5.41, 5.74) is 0.00287. The molecule has 1 heterocycles. The number of amides is 1. The number of benzene rings is 1. The molecule has 0 unspecified atom stereocenters. The SMILES string of the molecule is Cc1ccc(S(=O)(=O)OC[C@@H]2CCN(COC(C)(C)C)[C@@H](C)CN2C(=O)OC(C)(C)C)cc1. The van der Waals surface area contributed by atoms with Gasteiger partial charge in [0.05, 0.1) is 29.9 Å². The van der Waals surface area contributed by atoms with Gasteiger partial charge in [0, 0.05) is 19.1 Å². The van der Waals surface area contributed by atoms with E-state index in [4.69, 9.17) is 13.7 Å². The normalized spacial score (nSPS) is 21.0. The van der Waals surface area contributed by atoms with Gasteiger partial charge in [0.25, 0.3) is 10.1 Å². The van der Waals surface area contributed by atoms with E-state index in [0.717, 1.165) is 5.56 Å². The number of carbonyl (C=O) groups excluding carboxylic acids is 1. The molecule has 0 saturated carbocycles. The van der Waals surface area contributed by atoms with Crippen LogP contribution >= 0.6 is 0 Å². The van der Waals surface area contributed by atoms with Crippen molar-refractivity contribution >= 4 is 16.2 Å². The number of ether oxygens (including phenoxy) is 2. The Hall–Kier alpha value is -1.68. The smallest absolute Gasteiger partial charge is 0.410 e. The van der Waals surface area contributed by atoms with Crippen LogP contribution in [-0.4, -0.2) is 74.0 Å². The molecule has 1 aromatic rings. The van der Waals surface area contributed by atoms with Crippen LogP contribution in [0.4, 0.5) is 4.79 Å². The summed E-state index contributed by atoms with van der Waals surface area (Å²) >= 11 is 0. The van der Waals surface area contributed by atoms with Gasteiger partial charge in [-0.25, -0.2) is 4.79 Å². The van der Waals surface area contributed by atoms with E-state index in [0.29, 0.717) is 26.2 Å². The van der Waals surface area contributed by atoms with Gasteiger partial charge in [-0.1, -0.05) is 17.7 Å². The molecule has 0 aliphatic carbocycles. The lowest BCUT2D eigenvalue weighted by Gasteiger charge is -2.34. The third-order valence-electron chi connectivity index (χ3n) is 5.29. The van der Waals surface area contributed by atoms with E-state index in [1.165, 1.54) is 12.1 Å². The lowest BCUT2D eigenvalue weighted by atomic mass is 10.2. The van der Waals surface area contributed by atoms with Gasteiger partial charge in [-0.05, 0) is 73.9 Å². The zero-order valence-electron chi connectivity index (χ0n) is 21.3. The van der Waals surface area contributed by atoms with Gasteiger partial charge < -0.3 is 14.4 Å². The summed E-state index contributed by atoms with van der Waals surface area (Å²) in [6.07, 6.45) is 0.0508. The standard InChI is InChI=1S/C24H40N2O6S/c1-18-9-11-21(12-10-18)33(28,29)31-16-20-13-14-25(17-30-23(3,4)5)19(2)15-26(20)22(27)32-24(6,7)8/h9-12,19-20H,13-17H2,1-8H3/t19-,20-/m0/s1. The molecule has 0 spiro atoms. The average molecular weight is 485 g/mol. The zero-order chi connectivity index (χ0) is 25.0. The fourth-order valence-corrected chi connectivity index (χ4v) is 4.31. The molecule has 1 aromatic carbocycles. The van der Waals surface area contributed by atoms with Crippen LogP contribution in [-0.2, 0) is 23.8 Å². The van der Waals surface area contributed by atoms with Crippen LogP contribution in [0.1, 0.15) is 60.5 Å². The maximum Gasteiger partial charge on any atom is 0.410 e. The van der Waals surface area contributed by atoms with E-state index in [1.54, 1.807) is 17.0 Å². The van der Waals surface area contributed by atoms with Gasteiger partial charge in [-0.3, -0.25) is 9.08 Å². The number of hydrogen-bond donors (Lipinski definition) is 0. The maximum atomic E-state index is 13.0. The van der Waals surface area contributed by atoms with Crippen molar-refractivity contribution in [1.82, 2.24) is 9.80 Å². The third-order valence-corrected chi connectivity index (χ3v) is 6.59. The van der Waals surface area contributed by atoms with Gasteiger partial charge in [0.15, 0.2) is 0 Å². The van der Waals surface area contributed by atoms with E-state index in [9.17, 15) is 13.2 Å². The summed E-state index contributed by atoms with van der Waals surface area (Å²) in [4.78, 5) is 16.9. The van der Waals surface area contributed by atoms with E-state index < -0.39 is 27.9 Å². The second-order valence-electron chi connectivity index (χ2n) is 10.7. The molecule has 0 radical (unpaired) electrons. The highest BCUT2D eigenvalue weighted by molar-refractivity contribution is 7.86. The van der Waals surface area contributed by atoms with E-state index >= 15 is 0 Å². The number of carbonyl (C=O) groups is 1. The Morgan fingerprint density at radius 2 is 1.67 bits per heavy atom. The quantitative estimate of drug-likeness (QED) is 0.560. The molecule has 1 aliphatic rings. The molecule has 1 aliphatic heterocycles. The molecule has 1 fully saturated rings. The summed E-state index contributed by atoms with van der Waals surface area (Å²) in [6, 6.07) is 6.04. The summed E-state index contributed by atoms with van der Waals surface area (Å²) in [5, 5.41) is 0. The molecule has 0 bridgehead atoms. The number of aryl methyl sites for hydroxylation is 1. The summed E-state index contributed by atoms with van der Waals surface area (Å²) in [5.74, 6) is 0. The number of rotatable bonds is 6. The monoisotopic (exact) mass is 484 g/mol. The molecule has 0 N–H and O–H groups in total. The first-order valence-electron chi connectivity index (χ1n) is 11.4. The Labute approximate surface area is 199 Å². The van der Waals surface area contributed by atoms with Gasteiger partial charge in [-0.2, -0.15) is 8.42 Å². The zero-order valence-corrected chi connectivity index (χ0v) is 22.1. The molecule has 8 nitrogen and oxygen atoms in total. The first-order chi connectivity index (χ1) is 15.1. The molecular weight excluding hydrogens is 444 g/mol. The summed E-state index contributed by atoms with van der Waals surface area (Å²) in [7, 11) is -3.95. The minimum Gasteiger partial charge on any atom is -0.444 e. The van der Waals surface area contributed by atoms with Gasteiger partial charge in [0.1, 0.15) is 5.60 Å². The van der Waals surface area contributed by atoms with Crippen LogP contribution in [0.2, 0.25) is 0 Å². The molecule has 188 valence electrons. The average Bonchev–Trinajstić information content (AvgIpc) is 2.82. The van der Waals surface area contributed by atoms with Crippen molar-refractivity contribution in [2.24, 2.45) is 0 Å². The van der Waals surface area contributed by atoms with Crippen molar-refractivity contribution in [3.63, 3.8) is 0 Å². The van der Waals surface area contributed by atoms with Gasteiger partial charge >= 0.3 is 6.09 Å². The van der Waals surface area contributed by atoms with E-state index in [2.05, 4.69) is 4.90 Å². The summed E-state index contributed by atoms with van der Waals surface area (Å²) < 4.78 is 42.5. The molecule has 9 heteroatoms.